The van der Waals surface area contributed by atoms with Gasteiger partial charge in [-0.1, -0.05) is 38.1 Å². The Morgan fingerprint density at radius 2 is 1.82 bits per heavy atom. The Balaban J connectivity index is 2.84. The van der Waals surface area contributed by atoms with Gasteiger partial charge in [0.2, 0.25) is 0 Å². The topological polar surface area (TPSA) is 29.5 Å². The Kier molecular flexibility index (Phi) is 5.16. The molecule has 0 amide bonds. The molecule has 0 spiro atoms. The molecular weight excluding hydrogens is 212 g/mol. The van der Waals surface area contributed by atoms with Gasteiger partial charge >= 0.3 is 0 Å². The number of aryl methyl sites for hydroxylation is 1. The van der Waals surface area contributed by atoms with E-state index in [9.17, 15) is 5.11 Å². The third-order valence-corrected chi connectivity index (χ3v) is 3.89. The van der Waals surface area contributed by atoms with Gasteiger partial charge in [0.15, 0.2) is 0 Å². The molecule has 1 N–H and O–H groups in total. The second-order valence-electron chi connectivity index (χ2n) is 4.62. The van der Waals surface area contributed by atoms with E-state index in [0.29, 0.717) is 6.42 Å². The van der Waals surface area contributed by atoms with Gasteiger partial charge < -0.3 is 9.84 Å². The summed E-state index contributed by atoms with van der Waals surface area (Å²) in [6.07, 6.45) is 1.85. The van der Waals surface area contributed by atoms with Crippen LogP contribution in [0.5, 0.6) is 0 Å². The molecule has 1 rings (SSSR count). The van der Waals surface area contributed by atoms with E-state index < -0.39 is 11.7 Å². The summed E-state index contributed by atoms with van der Waals surface area (Å²) in [5.74, 6) is 0. The Hall–Kier alpha value is -0.860. The minimum atomic E-state index is -0.455. The van der Waals surface area contributed by atoms with E-state index in [4.69, 9.17) is 4.74 Å². The number of benzene rings is 1. The molecule has 2 nitrogen and oxygen atoms in total. The SMILES string of the molecule is CCC(CC)(OC)C(O)Cc1ccccc1C. The summed E-state index contributed by atoms with van der Waals surface area (Å²) >= 11 is 0. The minimum absolute atomic E-state index is 0.414. The fraction of sp³-hybridized carbons (Fsp3) is 0.600. The molecule has 1 unspecified atom stereocenters. The number of aliphatic hydroxyl groups is 1. The highest BCUT2D eigenvalue weighted by Gasteiger charge is 2.34. The molecule has 0 aliphatic rings. The lowest BCUT2D eigenvalue weighted by Crippen LogP contribution is -2.44. The molecule has 0 bridgehead atoms. The maximum atomic E-state index is 10.4. The standard InChI is InChI=1S/C15H24O2/c1-5-15(6-2,17-4)14(16)11-13-10-8-7-9-12(13)3/h7-10,14,16H,5-6,11H2,1-4H3. The molecule has 1 aromatic rings. The van der Waals surface area contributed by atoms with E-state index in [1.54, 1.807) is 7.11 Å². The van der Waals surface area contributed by atoms with E-state index in [2.05, 4.69) is 32.9 Å². The highest BCUT2D eigenvalue weighted by Crippen LogP contribution is 2.27. The van der Waals surface area contributed by atoms with Gasteiger partial charge in [0.1, 0.15) is 0 Å². The second-order valence-corrected chi connectivity index (χ2v) is 4.62. The van der Waals surface area contributed by atoms with Crippen molar-refractivity contribution in [2.24, 2.45) is 0 Å². The van der Waals surface area contributed by atoms with Crippen molar-refractivity contribution in [1.29, 1.82) is 0 Å². The van der Waals surface area contributed by atoms with Crippen molar-refractivity contribution in [2.45, 2.75) is 51.7 Å². The predicted octanol–water partition coefficient (Wildman–Crippen LogP) is 3.10. The Morgan fingerprint density at radius 3 is 2.29 bits per heavy atom. The van der Waals surface area contributed by atoms with Gasteiger partial charge in [0.05, 0.1) is 11.7 Å². The quantitative estimate of drug-likeness (QED) is 0.822. The van der Waals surface area contributed by atoms with Gasteiger partial charge in [0, 0.05) is 13.5 Å². The third kappa shape index (κ3) is 3.08. The molecule has 0 heterocycles. The molecule has 2 heteroatoms. The average molecular weight is 236 g/mol. The van der Waals surface area contributed by atoms with Crippen molar-refractivity contribution >= 4 is 0 Å². The number of methoxy groups -OCH3 is 1. The van der Waals surface area contributed by atoms with Crippen LogP contribution in [0.1, 0.15) is 37.8 Å². The number of hydrogen-bond acceptors (Lipinski definition) is 2. The predicted molar refractivity (Wildman–Crippen MR) is 71.2 cm³/mol. The van der Waals surface area contributed by atoms with E-state index >= 15 is 0 Å². The van der Waals surface area contributed by atoms with Crippen LogP contribution in [0, 0.1) is 6.92 Å². The molecule has 0 aliphatic carbocycles. The first-order valence-corrected chi connectivity index (χ1v) is 6.37. The molecule has 1 atom stereocenters. The van der Waals surface area contributed by atoms with Crippen molar-refractivity contribution in [3.8, 4) is 0 Å². The fourth-order valence-corrected chi connectivity index (χ4v) is 2.38. The minimum Gasteiger partial charge on any atom is -0.390 e. The normalized spacial score (nSPS) is 13.7. The molecular formula is C15H24O2. The Labute approximate surface area is 105 Å². The highest BCUT2D eigenvalue weighted by atomic mass is 16.5. The number of ether oxygens (including phenoxy) is 1. The molecule has 0 saturated carbocycles. The molecule has 0 aromatic heterocycles. The summed E-state index contributed by atoms with van der Waals surface area (Å²) in [5.41, 5.74) is 2.01. The summed E-state index contributed by atoms with van der Waals surface area (Å²) in [6, 6.07) is 8.19. The van der Waals surface area contributed by atoms with E-state index in [1.165, 1.54) is 11.1 Å². The lowest BCUT2D eigenvalue weighted by atomic mass is 9.86. The van der Waals surface area contributed by atoms with Gasteiger partial charge in [-0.05, 0) is 30.9 Å². The average Bonchev–Trinajstić information content (AvgIpc) is 2.35. The molecule has 0 aliphatic heterocycles. The Morgan fingerprint density at radius 1 is 1.24 bits per heavy atom. The van der Waals surface area contributed by atoms with Crippen LogP contribution in [0.15, 0.2) is 24.3 Å². The zero-order valence-corrected chi connectivity index (χ0v) is 11.4. The van der Waals surface area contributed by atoms with Crippen LogP contribution in [0.3, 0.4) is 0 Å². The van der Waals surface area contributed by atoms with Crippen molar-refractivity contribution in [3.05, 3.63) is 35.4 Å². The summed E-state index contributed by atoms with van der Waals surface area (Å²) in [6.45, 7) is 6.20. The van der Waals surface area contributed by atoms with E-state index in [-0.39, 0.29) is 0 Å². The summed E-state index contributed by atoms with van der Waals surface area (Å²) in [5, 5.41) is 10.4. The summed E-state index contributed by atoms with van der Waals surface area (Å²) in [7, 11) is 1.69. The van der Waals surface area contributed by atoms with Crippen LogP contribution in [-0.2, 0) is 11.2 Å². The van der Waals surface area contributed by atoms with Crippen molar-refractivity contribution in [3.63, 3.8) is 0 Å². The number of aliphatic hydroxyl groups excluding tert-OH is 1. The van der Waals surface area contributed by atoms with Gasteiger partial charge in [0.25, 0.3) is 0 Å². The van der Waals surface area contributed by atoms with Gasteiger partial charge in [-0.2, -0.15) is 0 Å². The maximum absolute atomic E-state index is 10.4. The first-order chi connectivity index (χ1) is 8.09. The van der Waals surface area contributed by atoms with Crippen LogP contribution < -0.4 is 0 Å². The van der Waals surface area contributed by atoms with Crippen LogP contribution in [0.4, 0.5) is 0 Å². The second kappa shape index (κ2) is 6.18. The van der Waals surface area contributed by atoms with Crippen LogP contribution >= 0.6 is 0 Å². The highest BCUT2D eigenvalue weighted by molar-refractivity contribution is 5.26. The van der Waals surface area contributed by atoms with Gasteiger partial charge in [-0.3, -0.25) is 0 Å². The van der Waals surface area contributed by atoms with Gasteiger partial charge in [-0.15, -0.1) is 0 Å². The van der Waals surface area contributed by atoms with E-state index in [1.807, 2.05) is 12.1 Å². The zero-order valence-electron chi connectivity index (χ0n) is 11.4. The molecule has 17 heavy (non-hydrogen) atoms. The Bertz CT molecular complexity index is 334. The smallest absolute Gasteiger partial charge is 0.0934 e. The maximum Gasteiger partial charge on any atom is 0.0934 e. The molecule has 0 saturated heterocycles. The third-order valence-electron chi connectivity index (χ3n) is 3.89. The van der Waals surface area contributed by atoms with Crippen LogP contribution in [0.25, 0.3) is 0 Å². The van der Waals surface area contributed by atoms with Crippen molar-refractivity contribution in [1.82, 2.24) is 0 Å². The number of hydrogen-bond donors (Lipinski definition) is 1. The van der Waals surface area contributed by atoms with Crippen LogP contribution in [-0.4, -0.2) is 23.9 Å². The molecule has 1 aromatic carbocycles. The fourth-order valence-electron chi connectivity index (χ4n) is 2.38. The van der Waals surface area contributed by atoms with Crippen molar-refractivity contribution < 1.29 is 9.84 Å². The molecule has 0 fully saturated rings. The molecule has 0 radical (unpaired) electrons. The number of rotatable bonds is 6. The van der Waals surface area contributed by atoms with E-state index in [0.717, 1.165) is 12.8 Å². The molecule has 96 valence electrons. The van der Waals surface area contributed by atoms with Crippen molar-refractivity contribution in [2.75, 3.05) is 7.11 Å². The monoisotopic (exact) mass is 236 g/mol. The summed E-state index contributed by atoms with van der Waals surface area (Å²) in [4.78, 5) is 0. The van der Waals surface area contributed by atoms with Gasteiger partial charge in [-0.25, -0.2) is 0 Å². The first kappa shape index (κ1) is 14.2. The van der Waals surface area contributed by atoms with Crippen LogP contribution in [0.2, 0.25) is 0 Å². The lowest BCUT2D eigenvalue weighted by molar-refractivity contribution is -0.106. The summed E-state index contributed by atoms with van der Waals surface area (Å²) < 4.78 is 5.56. The lowest BCUT2D eigenvalue weighted by Gasteiger charge is -2.35. The largest absolute Gasteiger partial charge is 0.390 e. The first-order valence-electron chi connectivity index (χ1n) is 6.37. The zero-order chi connectivity index (χ0) is 12.9.